The van der Waals surface area contributed by atoms with Crippen molar-refractivity contribution in [2.75, 3.05) is 13.1 Å². The largest absolute Gasteiger partial charge is 0.255 e. The lowest BCUT2D eigenvalue weighted by molar-refractivity contribution is 0.104. The van der Waals surface area contributed by atoms with Crippen LogP contribution in [0.5, 0.6) is 0 Å². The summed E-state index contributed by atoms with van der Waals surface area (Å²) in [7, 11) is 0. The zero-order valence-electron chi connectivity index (χ0n) is 14.4. The lowest BCUT2D eigenvalue weighted by Gasteiger charge is -2.32. The first-order valence-corrected chi connectivity index (χ1v) is 9.77. The lowest BCUT2D eigenvalue weighted by atomic mass is 10.0. The molecule has 0 fully saturated rings. The van der Waals surface area contributed by atoms with Gasteiger partial charge in [-0.15, -0.1) is 0 Å². The van der Waals surface area contributed by atoms with Crippen molar-refractivity contribution in [3.63, 3.8) is 0 Å². The van der Waals surface area contributed by atoms with Gasteiger partial charge in [0.2, 0.25) is 0 Å². The monoisotopic (exact) mass is 304 g/mol. The highest BCUT2D eigenvalue weighted by atomic mass is 15.5. The van der Waals surface area contributed by atoms with Crippen LogP contribution in [0.15, 0.2) is 24.3 Å². The van der Waals surface area contributed by atoms with Gasteiger partial charge in [-0.25, -0.2) is 5.01 Å². The van der Waals surface area contributed by atoms with E-state index in [-0.39, 0.29) is 0 Å². The van der Waals surface area contributed by atoms with Gasteiger partial charge in [0.15, 0.2) is 0 Å². The summed E-state index contributed by atoms with van der Waals surface area (Å²) in [5.41, 5.74) is 3.77. The summed E-state index contributed by atoms with van der Waals surface area (Å²) < 4.78 is 0. The number of hydrazine groups is 1. The van der Waals surface area contributed by atoms with Gasteiger partial charge >= 0.3 is 0 Å². The fourth-order valence-corrected chi connectivity index (χ4v) is 3.60. The highest BCUT2D eigenvalue weighted by molar-refractivity contribution is 4.85. The molecule has 0 amide bonds. The summed E-state index contributed by atoms with van der Waals surface area (Å²) in [6.07, 6.45) is 26.8. The van der Waals surface area contributed by atoms with Crippen LogP contribution in [-0.2, 0) is 0 Å². The van der Waals surface area contributed by atoms with E-state index in [1.54, 1.807) is 0 Å². The zero-order chi connectivity index (χ0) is 15.3. The third kappa shape index (κ3) is 7.60. The van der Waals surface area contributed by atoms with Crippen LogP contribution < -0.4 is 5.43 Å². The molecular formula is C20H36N2. The number of hydrogen-bond donors (Lipinski definition) is 1. The van der Waals surface area contributed by atoms with E-state index in [9.17, 15) is 0 Å². The molecule has 0 saturated carbocycles. The summed E-state index contributed by atoms with van der Waals surface area (Å²) in [6, 6.07) is 0.747. The Bertz CT molecular complexity index is 290. The van der Waals surface area contributed by atoms with E-state index in [2.05, 4.69) is 34.7 Å². The Hall–Kier alpha value is -0.600. The Morgan fingerprint density at radius 1 is 0.636 bits per heavy atom. The standard InChI is InChI=1S/C20H36N2/c1-2-5-9-13-17-20(16-12-8-4-1)22-19-15-11-7-3-6-10-14-18-21-22/h1,3-4,7,20-21H,2,5-6,8-19H2. The van der Waals surface area contributed by atoms with Crippen LogP contribution in [0.2, 0.25) is 0 Å². The molecule has 1 heterocycles. The molecule has 0 radical (unpaired) electrons. The van der Waals surface area contributed by atoms with E-state index in [4.69, 9.17) is 0 Å². The second-order valence-corrected chi connectivity index (χ2v) is 6.91. The fourth-order valence-electron chi connectivity index (χ4n) is 3.60. The predicted molar refractivity (Wildman–Crippen MR) is 96.8 cm³/mol. The Labute approximate surface area is 138 Å². The summed E-state index contributed by atoms with van der Waals surface area (Å²) in [6.45, 7) is 2.37. The number of nitrogens with zero attached hydrogens (tertiary/aromatic N) is 1. The molecule has 1 atom stereocenters. The predicted octanol–water partition coefficient (Wildman–Crippen LogP) is 5.37. The molecular weight excluding hydrogens is 268 g/mol. The first kappa shape index (κ1) is 17.7. The third-order valence-electron chi connectivity index (χ3n) is 4.97. The molecule has 1 aliphatic heterocycles. The molecule has 1 unspecified atom stereocenters. The molecule has 1 aliphatic carbocycles. The van der Waals surface area contributed by atoms with Crippen molar-refractivity contribution in [3.8, 4) is 0 Å². The summed E-state index contributed by atoms with van der Waals surface area (Å²) >= 11 is 0. The van der Waals surface area contributed by atoms with E-state index >= 15 is 0 Å². The van der Waals surface area contributed by atoms with Gasteiger partial charge in [-0.3, -0.25) is 5.43 Å². The first-order chi connectivity index (χ1) is 11.0. The van der Waals surface area contributed by atoms with Gasteiger partial charge in [-0.2, -0.15) is 0 Å². The molecule has 0 aromatic rings. The fraction of sp³-hybridized carbons (Fsp3) is 0.800. The third-order valence-corrected chi connectivity index (χ3v) is 4.97. The van der Waals surface area contributed by atoms with Crippen LogP contribution in [0.3, 0.4) is 0 Å². The maximum Gasteiger partial charge on any atom is 0.0243 e. The van der Waals surface area contributed by atoms with Gasteiger partial charge in [0.1, 0.15) is 0 Å². The molecule has 2 rings (SSSR count). The Morgan fingerprint density at radius 2 is 1.27 bits per heavy atom. The summed E-state index contributed by atoms with van der Waals surface area (Å²) in [5.74, 6) is 0. The van der Waals surface area contributed by atoms with Gasteiger partial charge in [0.05, 0.1) is 0 Å². The first-order valence-electron chi connectivity index (χ1n) is 9.77. The van der Waals surface area contributed by atoms with E-state index in [1.165, 1.54) is 90.0 Å². The minimum atomic E-state index is 0.747. The highest BCUT2D eigenvalue weighted by Gasteiger charge is 2.17. The van der Waals surface area contributed by atoms with Gasteiger partial charge in [0, 0.05) is 19.1 Å². The molecule has 2 nitrogen and oxygen atoms in total. The van der Waals surface area contributed by atoms with Crippen molar-refractivity contribution in [1.82, 2.24) is 10.4 Å². The van der Waals surface area contributed by atoms with Gasteiger partial charge < -0.3 is 0 Å². The van der Waals surface area contributed by atoms with Gasteiger partial charge in [0.25, 0.3) is 0 Å². The van der Waals surface area contributed by atoms with Gasteiger partial charge in [-0.1, -0.05) is 37.1 Å². The maximum atomic E-state index is 3.77. The van der Waals surface area contributed by atoms with Crippen LogP contribution in [0.1, 0.15) is 83.5 Å². The average Bonchev–Trinajstić information content (AvgIpc) is 2.64. The van der Waals surface area contributed by atoms with Crippen molar-refractivity contribution in [2.45, 2.75) is 89.5 Å². The van der Waals surface area contributed by atoms with Crippen molar-refractivity contribution < 1.29 is 0 Å². The van der Waals surface area contributed by atoms with Crippen molar-refractivity contribution in [2.24, 2.45) is 0 Å². The number of allylic oxidation sites excluding steroid dienone is 4. The highest BCUT2D eigenvalue weighted by Crippen LogP contribution is 2.18. The van der Waals surface area contributed by atoms with Crippen LogP contribution >= 0.6 is 0 Å². The smallest absolute Gasteiger partial charge is 0.0243 e. The summed E-state index contributed by atoms with van der Waals surface area (Å²) in [5, 5.41) is 2.61. The summed E-state index contributed by atoms with van der Waals surface area (Å²) in [4.78, 5) is 0. The Balaban J connectivity index is 1.87. The maximum absolute atomic E-state index is 3.77. The minimum absolute atomic E-state index is 0.747. The normalized spacial score (nSPS) is 27.7. The van der Waals surface area contributed by atoms with Crippen LogP contribution in [0, 0.1) is 0 Å². The van der Waals surface area contributed by atoms with E-state index in [0.717, 1.165) is 12.6 Å². The quantitative estimate of drug-likeness (QED) is 0.655. The molecule has 0 bridgehead atoms. The zero-order valence-corrected chi connectivity index (χ0v) is 14.4. The SMILES string of the molecule is C1=CCCCC(N2CCCC=CCCCCN2)CCCCC1. The van der Waals surface area contributed by atoms with Crippen LogP contribution in [0.25, 0.3) is 0 Å². The Morgan fingerprint density at radius 3 is 2.09 bits per heavy atom. The van der Waals surface area contributed by atoms with E-state index in [0.29, 0.717) is 0 Å². The van der Waals surface area contributed by atoms with Crippen LogP contribution in [0.4, 0.5) is 0 Å². The van der Waals surface area contributed by atoms with Crippen molar-refractivity contribution in [1.29, 1.82) is 0 Å². The lowest BCUT2D eigenvalue weighted by Crippen LogP contribution is -2.46. The molecule has 0 saturated heterocycles. The molecule has 22 heavy (non-hydrogen) atoms. The molecule has 0 aromatic carbocycles. The molecule has 0 spiro atoms. The molecule has 126 valence electrons. The molecule has 1 N–H and O–H groups in total. The van der Waals surface area contributed by atoms with Crippen molar-refractivity contribution >= 4 is 0 Å². The van der Waals surface area contributed by atoms with E-state index in [1.807, 2.05) is 0 Å². The number of nitrogens with one attached hydrogen (secondary N) is 1. The Kier molecular flexibility index (Phi) is 9.60. The number of rotatable bonds is 1. The topological polar surface area (TPSA) is 15.3 Å². The minimum Gasteiger partial charge on any atom is -0.255 e. The van der Waals surface area contributed by atoms with Crippen molar-refractivity contribution in [3.05, 3.63) is 24.3 Å². The van der Waals surface area contributed by atoms with Gasteiger partial charge in [-0.05, 0) is 70.6 Å². The van der Waals surface area contributed by atoms with Crippen LogP contribution in [-0.4, -0.2) is 24.1 Å². The van der Waals surface area contributed by atoms with E-state index < -0.39 is 0 Å². The second kappa shape index (κ2) is 11.9. The molecule has 2 heteroatoms. The number of hydrogen-bond acceptors (Lipinski definition) is 2. The molecule has 0 aromatic heterocycles. The average molecular weight is 305 g/mol. The molecule has 2 aliphatic rings. The second-order valence-electron chi connectivity index (χ2n) is 6.91.